The lowest BCUT2D eigenvalue weighted by atomic mass is 9.89. The van der Waals surface area contributed by atoms with Crippen LogP contribution in [0.25, 0.3) is 0 Å². The topological polar surface area (TPSA) is 21.3 Å². The average molecular weight is 191 g/mol. The predicted molar refractivity (Wildman–Crippen MR) is 57.2 cm³/mol. The Bertz CT molecular complexity index is 278. The Balaban J connectivity index is 2.27. The minimum atomic E-state index is 0.0655. The molecule has 14 heavy (non-hydrogen) atoms. The van der Waals surface area contributed by atoms with Gasteiger partial charge in [0.25, 0.3) is 0 Å². The van der Waals surface area contributed by atoms with Crippen LogP contribution in [0.15, 0.2) is 30.3 Å². The number of benzene rings is 1. The summed E-state index contributed by atoms with van der Waals surface area (Å²) in [5.41, 5.74) is 1.41. The number of nitrogens with one attached hydrogen (secondary N) is 1. The highest BCUT2D eigenvalue weighted by Gasteiger charge is 2.34. The minimum absolute atomic E-state index is 0.0655. The second kappa shape index (κ2) is 4.11. The second-order valence-electron chi connectivity index (χ2n) is 3.91. The molecule has 1 fully saturated rings. The van der Waals surface area contributed by atoms with Crippen LogP contribution in [0.3, 0.4) is 0 Å². The molecule has 2 heteroatoms. The van der Waals surface area contributed by atoms with Gasteiger partial charge in [-0.05, 0) is 24.9 Å². The quantitative estimate of drug-likeness (QED) is 0.788. The Hall–Kier alpha value is -0.860. The van der Waals surface area contributed by atoms with Crippen molar-refractivity contribution < 1.29 is 4.74 Å². The fourth-order valence-corrected chi connectivity index (χ4v) is 2.26. The molecule has 0 spiro atoms. The first-order valence-electron chi connectivity index (χ1n) is 5.17. The molecule has 1 saturated heterocycles. The first-order valence-corrected chi connectivity index (χ1v) is 5.17. The van der Waals surface area contributed by atoms with Crippen molar-refractivity contribution in [2.24, 2.45) is 0 Å². The molecule has 0 radical (unpaired) electrons. The van der Waals surface area contributed by atoms with E-state index in [-0.39, 0.29) is 5.54 Å². The Morgan fingerprint density at radius 3 is 2.71 bits per heavy atom. The van der Waals surface area contributed by atoms with Crippen molar-refractivity contribution in [3.63, 3.8) is 0 Å². The van der Waals surface area contributed by atoms with Gasteiger partial charge in [-0.1, -0.05) is 30.3 Å². The van der Waals surface area contributed by atoms with Crippen molar-refractivity contribution in [3.05, 3.63) is 35.9 Å². The van der Waals surface area contributed by atoms with Crippen LogP contribution in [0.2, 0.25) is 0 Å². The van der Waals surface area contributed by atoms with Crippen molar-refractivity contribution in [1.82, 2.24) is 5.32 Å². The van der Waals surface area contributed by atoms with Crippen LogP contribution >= 0.6 is 0 Å². The van der Waals surface area contributed by atoms with E-state index in [1.165, 1.54) is 18.4 Å². The molecule has 1 heterocycles. The molecule has 0 aliphatic carbocycles. The number of hydrogen-bond donors (Lipinski definition) is 1. The summed E-state index contributed by atoms with van der Waals surface area (Å²) in [7, 11) is 1.77. The summed E-state index contributed by atoms with van der Waals surface area (Å²) in [6.07, 6.45) is 2.41. The molecule has 0 aromatic heterocycles. The maximum atomic E-state index is 5.32. The molecular formula is C12H17NO. The normalized spacial score (nSPS) is 26.6. The van der Waals surface area contributed by atoms with Crippen LogP contribution in [-0.4, -0.2) is 20.3 Å². The molecule has 1 aromatic carbocycles. The van der Waals surface area contributed by atoms with Crippen LogP contribution in [0.5, 0.6) is 0 Å². The fourth-order valence-electron chi connectivity index (χ4n) is 2.26. The lowest BCUT2D eigenvalue weighted by molar-refractivity contribution is 0.120. The van der Waals surface area contributed by atoms with Gasteiger partial charge in [-0.2, -0.15) is 0 Å². The fraction of sp³-hybridized carbons (Fsp3) is 0.500. The van der Waals surface area contributed by atoms with Crippen molar-refractivity contribution in [2.45, 2.75) is 18.4 Å². The zero-order chi connectivity index (χ0) is 9.86. The molecule has 1 aliphatic heterocycles. The van der Waals surface area contributed by atoms with Gasteiger partial charge in [-0.3, -0.25) is 0 Å². The van der Waals surface area contributed by atoms with E-state index in [1.807, 2.05) is 0 Å². The van der Waals surface area contributed by atoms with Gasteiger partial charge in [0.05, 0.1) is 12.1 Å². The van der Waals surface area contributed by atoms with Crippen LogP contribution in [0.4, 0.5) is 0 Å². The SMILES string of the molecule is COC[C@]1(c2ccccc2)CCCN1. The Labute approximate surface area is 85.3 Å². The first kappa shape index (κ1) is 9.69. The highest BCUT2D eigenvalue weighted by molar-refractivity contribution is 5.25. The van der Waals surface area contributed by atoms with E-state index in [0.29, 0.717) is 0 Å². The highest BCUT2D eigenvalue weighted by atomic mass is 16.5. The third kappa shape index (κ3) is 1.68. The first-order chi connectivity index (χ1) is 6.87. The number of ether oxygens (including phenoxy) is 1. The summed E-state index contributed by atoms with van der Waals surface area (Å²) in [4.78, 5) is 0. The van der Waals surface area contributed by atoms with Crippen molar-refractivity contribution in [3.8, 4) is 0 Å². The maximum Gasteiger partial charge on any atom is 0.0686 e. The van der Waals surface area contributed by atoms with Gasteiger partial charge >= 0.3 is 0 Å². The monoisotopic (exact) mass is 191 g/mol. The van der Waals surface area contributed by atoms with E-state index < -0.39 is 0 Å². The summed E-state index contributed by atoms with van der Waals surface area (Å²) in [6, 6.07) is 10.6. The largest absolute Gasteiger partial charge is 0.382 e. The van der Waals surface area contributed by atoms with Gasteiger partial charge < -0.3 is 10.1 Å². The predicted octanol–water partition coefficient (Wildman–Crippen LogP) is 1.91. The molecule has 1 N–H and O–H groups in total. The van der Waals surface area contributed by atoms with Crippen molar-refractivity contribution >= 4 is 0 Å². The van der Waals surface area contributed by atoms with E-state index in [2.05, 4.69) is 35.6 Å². The number of hydrogen-bond acceptors (Lipinski definition) is 2. The molecule has 0 saturated carbocycles. The zero-order valence-corrected chi connectivity index (χ0v) is 8.62. The van der Waals surface area contributed by atoms with Gasteiger partial charge in [-0.25, -0.2) is 0 Å². The van der Waals surface area contributed by atoms with Crippen molar-refractivity contribution in [2.75, 3.05) is 20.3 Å². The summed E-state index contributed by atoms with van der Waals surface area (Å²) < 4.78 is 5.32. The van der Waals surface area contributed by atoms with Gasteiger partial charge in [0.2, 0.25) is 0 Å². The van der Waals surface area contributed by atoms with E-state index in [4.69, 9.17) is 4.74 Å². The standard InChI is InChI=1S/C12H17NO/c1-14-10-12(8-5-9-13-12)11-6-3-2-4-7-11/h2-4,6-7,13H,5,8-10H2,1H3/t12-/m0/s1. The summed E-state index contributed by atoms with van der Waals surface area (Å²) in [5, 5.41) is 3.56. The Kier molecular flexibility index (Phi) is 2.85. The molecule has 1 aliphatic rings. The third-order valence-electron chi connectivity index (χ3n) is 2.96. The van der Waals surface area contributed by atoms with Gasteiger partial charge in [0, 0.05) is 7.11 Å². The molecule has 0 amide bonds. The van der Waals surface area contributed by atoms with E-state index in [1.54, 1.807) is 7.11 Å². The molecule has 2 rings (SSSR count). The molecule has 2 nitrogen and oxygen atoms in total. The summed E-state index contributed by atoms with van der Waals surface area (Å²) in [6.45, 7) is 1.86. The number of methoxy groups -OCH3 is 1. The van der Waals surface area contributed by atoms with E-state index in [9.17, 15) is 0 Å². The molecule has 1 atom stereocenters. The smallest absolute Gasteiger partial charge is 0.0686 e. The Morgan fingerprint density at radius 2 is 2.14 bits per heavy atom. The third-order valence-corrected chi connectivity index (χ3v) is 2.96. The lowest BCUT2D eigenvalue weighted by Gasteiger charge is -2.29. The lowest BCUT2D eigenvalue weighted by Crippen LogP contribution is -2.40. The summed E-state index contributed by atoms with van der Waals surface area (Å²) >= 11 is 0. The molecule has 1 aromatic rings. The van der Waals surface area contributed by atoms with Crippen molar-refractivity contribution in [1.29, 1.82) is 0 Å². The van der Waals surface area contributed by atoms with Crippen LogP contribution in [0, 0.1) is 0 Å². The van der Waals surface area contributed by atoms with Gasteiger partial charge in [-0.15, -0.1) is 0 Å². The van der Waals surface area contributed by atoms with Crippen LogP contribution in [0.1, 0.15) is 18.4 Å². The maximum absolute atomic E-state index is 5.32. The second-order valence-corrected chi connectivity index (χ2v) is 3.91. The summed E-state index contributed by atoms with van der Waals surface area (Å²) in [5.74, 6) is 0. The highest BCUT2D eigenvalue weighted by Crippen LogP contribution is 2.30. The molecular weight excluding hydrogens is 174 g/mol. The zero-order valence-electron chi connectivity index (χ0n) is 8.62. The van der Waals surface area contributed by atoms with E-state index in [0.717, 1.165) is 13.2 Å². The van der Waals surface area contributed by atoms with Crippen LogP contribution < -0.4 is 5.32 Å². The number of rotatable bonds is 3. The van der Waals surface area contributed by atoms with E-state index >= 15 is 0 Å². The molecule has 0 bridgehead atoms. The average Bonchev–Trinajstić information content (AvgIpc) is 2.70. The van der Waals surface area contributed by atoms with Gasteiger partial charge in [0.15, 0.2) is 0 Å². The minimum Gasteiger partial charge on any atom is -0.382 e. The molecule has 0 unspecified atom stereocenters. The van der Waals surface area contributed by atoms with Crippen LogP contribution in [-0.2, 0) is 10.3 Å². The van der Waals surface area contributed by atoms with Gasteiger partial charge in [0.1, 0.15) is 0 Å². The Morgan fingerprint density at radius 1 is 1.36 bits per heavy atom. The molecule has 76 valence electrons.